The quantitative estimate of drug-likeness (QED) is 0.720. The van der Waals surface area contributed by atoms with Crippen molar-refractivity contribution < 1.29 is 18.3 Å². The van der Waals surface area contributed by atoms with Gasteiger partial charge in [0, 0.05) is 6.07 Å². The van der Waals surface area contributed by atoms with Crippen LogP contribution in [0.3, 0.4) is 0 Å². The number of ether oxygens (including phenoxy) is 1. The minimum atomic E-state index is -1.12. The summed E-state index contributed by atoms with van der Waals surface area (Å²) in [4.78, 5) is 10.4. The van der Waals surface area contributed by atoms with Gasteiger partial charge in [-0.2, -0.15) is 0 Å². The summed E-state index contributed by atoms with van der Waals surface area (Å²) in [6.07, 6.45) is 3.31. The van der Waals surface area contributed by atoms with Gasteiger partial charge >= 0.3 is 0 Å². The summed E-state index contributed by atoms with van der Waals surface area (Å²) in [5.74, 6) is -1.94. The molecule has 0 heterocycles. The highest BCUT2D eigenvalue weighted by Crippen LogP contribution is 2.27. The van der Waals surface area contributed by atoms with E-state index in [-0.39, 0.29) is 23.7 Å². The normalized spacial score (nSPS) is 15.9. The Bertz CT molecular complexity index is 386. The number of carbonyl (C=O) groups is 1. The fourth-order valence-corrected chi connectivity index (χ4v) is 1.42. The maximum atomic E-state index is 13.0. The molecule has 1 aromatic carbocycles. The zero-order valence-corrected chi connectivity index (χ0v) is 8.00. The molecule has 0 N–H and O–H groups in total. The zero-order chi connectivity index (χ0) is 10.8. The smallest absolute Gasteiger partial charge is 0.169 e. The molecule has 0 spiro atoms. The van der Waals surface area contributed by atoms with Gasteiger partial charge in [-0.3, -0.25) is 4.79 Å². The van der Waals surface area contributed by atoms with Crippen molar-refractivity contribution in [1.82, 2.24) is 0 Å². The van der Waals surface area contributed by atoms with Crippen molar-refractivity contribution in [2.75, 3.05) is 0 Å². The molecule has 4 heteroatoms. The van der Waals surface area contributed by atoms with Crippen LogP contribution in [-0.4, -0.2) is 12.4 Å². The lowest BCUT2D eigenvalue weighted by Crippen LogP contribution is -2.24. The van der Waals surface area contributed by atoms with Crippen molar-refractivity contribution in [1.29, 1.82) is 0 Å². The minimum Gasteiger partial charge on any atom is -0.490 e. The first kappa shape index (κ1) is 10.1. The lowest BCUT2D eigenvalue weighted by molar-refractivity contribution is 0.110. The summed E-state index contributed by atoms with van der Waals surface area (Å²) in [6, 6.07) is 2.20. The summed E-state index contributed by atoms with van der Waals surface area (Å²) in [7, 11) is 0. The average molecular weight is 212 g/mol. The lowest BCUT2D eigenvalue weighted by Gasteiger charge is -2.26. The van der Waals surface area contributed by atoms with Crippen LogP contribution in [0.15, 0.2) is 12.1 Å². The molecule has 0 aliphatic heterocycles. The molecule has 0 radical (unpaired) electrons. The van der Waals surface area contributed by atoms with Gasteiger partial charge in [0.2, 0.25) is 0 Å². The maximum absolute atomic E-state index is 13.0. The first-order chi connectivity index (χ1) is 7.20. The van der Waals surface area contributed by atoms with Crippen LogP contribution in [0.4, 0.5) is 8.78 Å². The van der Waals surface area contributed by atoms with E-state index in [9.17, 15) is 13.6 Å². The molecule has 80 valence electrons. The topological polar surface area (TPSA) is 26.3 Å². The molecular weight excluding hydrogens is 202 g/mol. The lowest BCUT2D eigenvalue weighted by atomic mass is 9.96. The Morgan fingerprint density at radius 2 is 2.07 bits per heavy atom. The largest absolute Gasteiger partial charge is 0.490 e. The predicted molar refractivity (Wildman–Crippen MR) is 50.0 cm³/mol. The minimum absolute atomic E-state index is 0.0781. The van der Waals surface area contributed by atoms with Crippen molar-refractivity contribution in [2.45, 2.75) is 25.4 Å². The van der Waals surface area contributed by atoms with Gasteiger partial charge in [-0.05, 0) is 25.3 Å². The second-order valence-electron chi connectivity index (χ2n) is 3.60. The van der Waals surface area contributed by atoms with E-state index in [2.05, 4.69) is 0 Å². The first-order valence-corrected chi connectivity index (χ1v) is 4.81. The molecule has 15 heavy (non-hydrogen) atoms. The van der Waals surface area contributed by atoms with Crippen molar-refractivity contribution in [3.05, 3.63) is 29.3 Å². The van der Waals surface area contributed by atoms with Crippen LogP contribution in [-0.2, 0) is 0 Å². The summed E-state index contributed by atoms with van der Waals surface area (Å²) < 4.78 is 31.3. The molecule has 0 aromatic heterocycles. The third-order valence-corrected chi connectivity index (χ3v) is 2.51. The van der Waals surface area contributed by atoms with Gasteiger partial charge in [-0.15, -0.1) is 0 Å². The molecule has 0 unspecified atom stereocenters. The Morgan fingerprint density at radius 1 is 1.33 bits per heavy atom. The van der Waals surface area contributed by atoms with Crippen molar-refractivity contribution in [2.24, 2.45) is 0 Å². The Kier molecular flexibility index (Phi) is 2.66. The molecule has 1 aliphatic rings. The van der Waals surface area contributed by atoms with Crippen molar-refractivity contribution in [3.63, 3.8) is 0 Å². The van der Waals surface area contributed by atoms with E-state index in [1.165, 1.54) is 6.07 Å². The highest BCUT2D eigenvalue weighted by Gasteiger charge is 2.20. The fraction of sp³-hybridized carbons (Fsp3) is 0.364. The number of aldehydes is 1. The van der Waals surface area contributed by atoms with Crippen LogP contribution in [0.1, 0.15) is 29.6 Å². The second-order valence-corrected chi connectivity index (χ2v) is 3.60. The van der Waals surface area contributed by atoms with Crippen LogP contribution in [0, 0.1) is 11.6 Å². The van der Waals surface area contributed by atoms with Crippen molar-refractivity contribution >= 4 is 6.29 Å². The molecule has 0 atom stereocenters. The van der Waals surface area contributed by atoms with E-state index in [1.54, 1.807) is 0 Å². The summed E-state index contributed by atoms with van der Waals surface area (Å²) >= 11 is 0. The third kappa shape index (κ3) is 1.98. The standard InChI is InChI=1S/C11H10F2O2/c12-10-5-9(15-8-2-1-3-8)4-7(6-14)11(10)13/h4-6,8H,1-3H2. The van der Waals surface area contributed by atoms with Gasteiger partial charge in [-0.25, -0.2) is 8.78 Å². The molecule has 2 nitrogen and oxygen atoms in total. The first-order valence-electron chi connectivity index (χ1n) is 4.81. The molecule has 0 saturated heterocycles. The highest BCUT2D eigenvalue weighted by atomic mass is 19.2. The van der Waals surface area contributed by atoms with E-state index < -0.39 is 11.6 Å². The van der Waals surface area contributed by atoms with Crippen LogP contribution < -0.4 is 4.74 Å². The van der Waals surface area contributed by atoms with Crippen molar-refractivity contribution in [3.8, 4) is 5.75 Å². The molecular formula is C11H10F2O2. The third-order valence-electron chi connectivity index (χ3n) is 2.51. The van der Waals surface area contributed by atoms with Gasteiger partial charge < -0.3 is 4.74 Å². The molecule has 1 aliphatic carbocycles. The molecule has 2 rings (SSSR count). The Balaban J connectivity index is 2.23. The SMILES string of the molecule is O=Cc1cc(OC2CCC2)cc(F)c1F. The number of hydrogen-bond acceptors (Lipinski definition) is 2. The van der Waals surface area contributed by atoms with E-state index in [0.29, 0.717) is 0 Å². The van der Waals surface area contributed by atoms with E-state index >= 15 is 0 Å². The van der Waals surface area contributed by atoms with Crippen LogP contribution in [0.2, 0.25) is 0 Å². The molecule has 1 saturated carbocycles. The second kappa shape index (κ2) is 3.96. The predicted octanol–water partition coefficient (Wildman–Crippen LogP) is 2.71. The number of rotatable bonds is 3. The van der Waals surface area contributed by atoms with Gasteiger partial charge in [0.05, 0.1) is 11.7 Å². The Labute approximate surface area is 85.9 Å². The van der Waals surface area contributed by atoms with E-state index in [1.807, 2.05) is 0 Å². The Hall–Kier alpha value is -1.45. The zero-order valence-electron chi connectivity index (χ0n) is 8.00. The number of hydrogen-bond donors (Lipinski definition) is 0. The van der Waals surface area contributed by atoms with Gasteiger partial charge in [-0.1, -0.05) is 0 Å². The van der Waals surface area contributed by atoms with Crippen LogP contribution in [0.5, 0.6) is 5.75 Å². The molecule has 0 amide bonds. The summed E-state index contributed by atoms with van der Waals surface area (Å²) in [5.41, 5.74) is -0.302. The fourth-order valence-electron chi connectivity index (χ4n) is 1.42. The monoisotopic (exact) mass is 212 g/mol. The summed E-state index contributed by atoms with van der Waals surface area (Å²) in [5, 5.41) is 0. The molecule has 1 fully saturated rings. The number of carbonyl (C=O) groups excluding carboxylic acids is 1. The Morgan fingerprint density at radius 3 is 2.60 bits per heavy atom. The van der Waals surface area contributed by atoms with Crippen LogP contribution in [0.25, 0.3) is 0 Å². The average Bonchev–Trinajstić information content (AvgIpc) is 2.16. The highest BCUT2D eigenvalue weighted by molar-refractivity contribution is 5.76. The van der Waals surface area contributed by atoms with Gasteiger partial charge in [0.15, 0.2) is 17.9 Å². The molecule has 1 aromatic rings. The number of halogens is 2. The summed E-state index contributed by atoms with van der Waals surface area (Å²) in [6.45, 7) is 0. The van der Waals surface area contributed by atoms with E-state index in [4.69, 9.17) is 4.74 Å². The van der Waals surface area contributed by atoms with Gasteiger partial charge in [0.25, 0.3) is 0 Å². The van der Waals surface area contributed by atoms with E-state index in [0.717, 1.165) is 25.3 Å². The molecule has 0 bridgehead atoms. The number of benzene rings is 1. The van der Waals surface area contributed by atoms with Gasteiger partial charge in [0.1, 0.15) is 5.75 Å². The van der Waals surface area contributed by atoms with Crippen LogP contribution >= 0.6 is 0 Å². The maximum Gasteiger partial charge on any atom is 0.169 e.